The van der Waals surface area contributed by atoms with Crippen molar-refractivity contribution in [3.05, 3.63) is 10.6 Å². The third-order valence-corrected chi connectivity index (χ3v) is 2.80. The summed E-state index contributed by atoms with van der Waals surface area (Å²) in [6, 6.07) is 1.18. The first kappa shape index (κ1) is 15.3. The number of nitrogens with zero attached hydrogens (tertiary/aromatic N) is 3. The Kier molecular flexibility index (Phi) is 7.36. The molecule has 0 aromatic rings. The second kappa shape index (κ2) is 6.76. The van der Waals surface area contributed by atoms with Crippen LogP contribution >= 0.6 is 0 Å². The average molecular weight is 535 g/mol. The summed E-state index contributed by atoms with van der Waals surface area (Å²) in [5.41, 5.74) is 0. The molecule has 5 heteroatoms. The normalized spacial score (nSPS) is 37.7. The summed E-state index contributed by atoms with van der Waals surface area (Å²) in [6.07, 6.45) is 2.61. The zero-order valence-corrected chi connectivity index (χ0v) is 14.6. The fraction of sp³-hybridized carbons (Fsp3) is 1.00. The molecule has 0 spiro atoms. The molecule has 0 aliphatic carbocycles. The van der Waals surface area contributed by atoms with Crippen molar-refractivity contribution in [1.82, 2.24) is 4.90 Å². The molecule has 2 fully saturated rings. The fourth-order valence-electron chi connectivity index (χ4n) is 2.18. The minimum absolute atomic E-state index is 0. The molecule has 0 aromatic heterocycles. The summed E-state index contributed by atoms with van der Waals surface area (Å²) in [4.78, 5) is 2.42. The molecule has 0 radical (unpaired) electrons. The minimum Gasteiger partial charge on any atom is -0.666 e. The van der Waals surface area contributed by atoms with Crippen LogP contribution in [0.1, 0.15) is 26.7 Å². The molecule has 2 aliphatic rings. The Morgan fingerprint density at radius 2 is 1.93 bits per heavy atom. The Bertz CT molecular complexity index is 168. The number of hydrogen-bond acceptors (Lipinski definition) is 1. The number of hydrogen-bond donors (Lipinski definition) is 0. The van der Waals surface area contributed by atoms with Gasteiger partial charge in [-0.2, -0.15) is 6.29 Å². The molecule has 3 atom stereocenters. The van der Waals surface area contributed by atoms with Crippen LogP contribution in [0.15, 0.2) is 0 Å². The molecule has 14 heavy (non-hydrogen) atoms. The van der Waals surface area contributed by atoms with E-state index in [1.165, 1.54) is 19.4 Å². The Balaban J connectivity index is 0.000000845. The molecule has 2 saturated heterocycles. The van der Waals surface area contributed by atoms with E-state index in [1.54, 1.807) is 0 Å². The molecular weight excluding hydrogens is 518 g/mol. The summed E-state index contributed by atoms with van der Waals surface area (Å²) in [5, 5.41) is 9.13. The van der Waals surface area contributed by atoms with Gasteiger partial charge in [-0.05, 0) is 13.5 Å². The maximum Gasteiger partial charge on any atom is 0.00182 e. The molecule has 2 heterocycles. The smallest absolute Gasteiger partial charge is 0.00182 e. The molecule has 2 aliphatic heterocycles. The predicted octanol–water partition coefficient (Wildman–Crippen LogP) is 1.90. The van der Waals surface area contributed by atoms with Crippen LogP contribution in [0.4, 0.5) is 0 Å². The maximum absolute atomic E-state index is 4.61. The van der Waals surface area contributed by atoms with Crippen LogP contribution in [0.5, 0.6) is 0 Å². The molecule has 2 rings (SSSR count). The predicted molar refractivity (Wildman–Crippen MR) is 50.2 cm³/mol. The Morgan fingerprint density at radius 3 is 2.64 bits per heavy atom. The second-order valence-electron chi connectivity index (χ2n) is 3.93. The largest absolute Gasteiger partial charge is 0.666 e. The first-order valence-electron chi connectivity index (χ1n) is 4.89. The molecular formula is C9H17N3W2-2. The molecule has 82 valence electrons. The summed E-state index contributed by atoms with van der Waals surface area (Å²) >= 11 is 0. The molecule has 0 amide bonds. The van der Waals surface area contributed by atoms with E-state index < -0.39 is 0 Å². The Labute approximate surface area is 115 Å². The first-order chi connectivity index (χ1) is 5.77. The van der Waals surface area contributed by atoms with Crippen LogP contribution < -0.4 is 0 Å². The van der Waals surface area contributed by atoms with E-state index in [-0.39, 0.29) is 48.4 Å². The standard InChI is InChI=1S/C9H17N3.2W/c1-7-6-8(2)12-5-3-4-10-9(12)11-7;;/h7-9H,3-6H2,1-2H3;;/q-2;;. The topological polar surface area (TPSA) is 31.4 Å². The van der Waals surface area contributed by atoms with E-state index in [2.05, 4.69) is 29.4 Å². The van der Waals surface area contributed by atoms with Gasteiger partial charge in [0, 0.05) is 48.2 Å². The van der Waals surface area contributed by atoms with Gasteiger partial charge in [-0.25, -0.2) is 0 Å². The SMILES string of the molecule is CC1CC(C)N2CCC[N-]C2[N-]1.[W].[W]. The number of fused-ring (bicyclic) bond motifs is 1. The average Bonchev–Trinajstić information content (AvgIpc) is 2.04. The van der Waals surface area contributed by atoms with Crippen molar-refractivity contribution in [3.63, 3.8) is 0 Å². The van der Waals surface area contributed by atoms with Crippen molar-refractivity contribution in [2.75, 3.05) is 13.1 Å². The minimum atomic E-state index is 0. The molecule has 3 unspecified atom stereocenters. The molecule has 0 N–H and O–H groups in total. The fourth-order valence-corrected chi connectivity index (χ4v) is 2.18. The summed E-state index contributed by atoms with van der Waals surface area (Å²) in [7, 11) is 0. The zero-order chi connectivity index (χ0) is 8.55. The van der Waals surface area contributed by atoms with Gasteiger partial charge < -0.3 is 15.5 Å². The van der Waals surface area contributed by atoms with Crippen LogP contribution in [-0.4, -0.2) is 36.4 Å². The van der Waals surface area contributed by atoms with Gasteiger partial charge in [-0.1, -0.05) is 19.8 Å². The van der Waals surface area contributed by atoms with E-state index in [9.17, 15) is 0 Å². The van der Waals surface area contributed by atoms with Gasteiger partial charge in [0.05, 0.1) is 0 Å². The van der Waals surface area contributed by atoms with Crippen molar-refractivity contribution >= 4 is 0 Å². The third kappa shape index (κ3) is 3.38. The quantitative estimate of drug-likeness (QED) is 0.467. The van der Waals surface area contributed by atoms with Crippen LogP contribution in [0.2, 0.25) is 0 Å². The van der Waals surface area contributed by atoms with Gasteiger partial charge in [0.1, 0.15) is 0 Å². The molecule has 0 bridgehead atoms. The Hall–Kier alpha value is 1.26. The van der Waals surface area contributed by atoms with E-state index in [0.717, 1.165) is 6.54 Å². The van der Waals surface area contributed by atoms with E-state index in [4.69, 9.17) is 0 Å². The van der Waals surface area contributed by atoms with Crippen LogP contribution in [0.3, 0.4) is 0 Å². The summed E-state index contributed by atoms with van der Waals surface area (Å²) < 4.78 is 0. The van der Waals surface area contributed by atoms with E-state index in [1.807, 2.05) is 0 Å². The van der Waals surface area contributed by atoms with Crippen molar-refractivity contribution in [1.29, 1.82) is 0 Å². The molecule has 0 aromatic carbocycles. The molecule has 3 nitrogen and oxygen atoms in total. The second-order valence-corrected chi connectivity index (χ2v) is 3.93. The van der Waals surface area contributed by atoms with Crippen LogP contribution in [0.25, 0.3) is 10.6 Å². The van der Waals surface area contributed by atoms with Crippen molar-refractivity contribution in [2.24, 2.45) is 0 Å². The summed E-state index contributed by atoms with van der Waals surface area (Å²) in [6.45, 7) is 6.67. The van der Waals surface area contributed by atoms with Gasteiger partial charge in [0.25, 0.3) is 0 Å². The van der Waals surface area contributed by atoms with E-state index in [0.29, 0.717) is 12.1 Å². The third-order valence-electron chi connectivity index (χ3n) is 2.80. The maximum atomic E-state index is 4.61. The van der Waals surface area contributed by atoms with Gasteiger partial charge in [0.2, 0.25) is 0 Å². The van der Waals surface area contributed by atoms with Crippen molar-refractivity contribution in [3.8, 4) is 0 Å². The van der Waals surface area contributed by atoms with Crippen molar-refractivity contribution in [2.45, 2.75) is 45.1 Å². The van der Waals surface area contributed by atoms with Crippen LogP contribution in [-0.2, 0) is 42.1 Å². The van der Waals surface area contributed by atoms with Gasteiger partial charge >= 0.3 is 0 Å². The van der Waals surface area contributed by atoms with Crippen molar-refractivity contribution < 1.29 is 42.1 Å². The van der Waals surface area contributed by atoms with Gasteiger partial charge in [-0.15, -0.1) is 12.6 Å². The van der Waals surface area contributed by atoms with Gasteiger partial charge in [0.15, 0.2) is 0 Å². The Morgan fingerprint density at radius 1 is 1.21 bits per heavy atom. The summed E-state index contributed by atoms with van der Waals surface area (Å²) in [5.74, 6) is 0. The number of rotatable bonds is 0. The van der Waals surface area contributed by atoms with E-state index >= 15 is 0 Å². The van der Waals surface area contributed by atoms with Crippen LogP contribution in [0, 0.1) is 0 Å². The zero-order valence-electron chi connectivity index (χ0n) is 8.72. The monoisotopic (exact) mass is 535 g/mol. The first-order valence-corrected chi connectivity index (χ1v) is 4.89. The van der Waals surface area contributed by atoms with Gasteiger partial charge in [-0.3, -0.25) is 0 Å². The molecule has 0 saturated carbocycles.